The topological polar surface area (TPSA) is 134 Å². The van der Waals surface area contributed by atoms with Crippen LogP contribution in [-0.4, -0.2) is 53.8 Å². The average molecular weight is 657 g/mol. The summed E-state index contributed by atoms with van der Waals surface area (Å²) in [7, 11) is 0. The van der Waals surface area contributed by atoms with Gasteiger partial charge in [-0.25, -0.2) is 4.79 Å². The fourth-order valence-electron chi connectivity index (χ4n) is 5.13. The number of amides is 5. The van der Waals surface area contributed by atoms with Gasteiger partial charge in [0, 0.05) is 36.2 Å². The second-order valence-corrected chi connectivity index (χ2v) is 11.3. The first kappa shape index (κ1) is 37.5. The van der Waals surface area contributed by atoms with Gasteiger partial charge in [-0.3, -0.25) is 29.8 Å². The lowest BCUT2D eigenvalue weighted by Crippen LogP contribution is -2.52. The third kappa shape index (κ3) is 13.4. The lowest BCUT2D eigenvalue weighted by atomic mass is 10.0. The quantitative estimate of drug-likeness (QED) is 0.0874. The van der Waals surface area contributed by atoms with Crippen LogP contribution in [0.25, 0.3) is 0 Å². The number of allylic oxidation sites excluding steroid dienone is 12. The number of nitrogens with zero attached hydrogens (tertiary/aromatic N) is 1. The molecule has 0 aromatic heterocycles. The SMILES string of the molecule is CC/C=C\C/C=C\C/C=C\C/C=C\C/C=C\C/C=C\CCC(=O)NCCOC(=O)Nc1cccc2c1CN(C1CCC(=O)NC1=O)C2=O. The van der Waals surface area contributed by atoms with Gasteiger partial charge in [0.1, 0.15) is 12.6 Å². The van der Waals surface area contributed by atoms with Crippen molar-refractivity contribution >= 4 is 35.4 Å². The molecule has 2 aliphatic rings. The first-order chi connectivity index (χ1) is 23.4. The minimum Gasteiger partial charge on any atom is -0.447 e. The summed E-state index contributed by atoms with van der Waals surface area (Å²) in [6.45, 7) is 2.42. The van der Waals surface area contributed by atoms with Gasteiger partial charge in [-0.15, -0.1) is 0 Å². The van der Waals surface area contributed by atoms with E-state index in [0.29, 0.717) is 29.7 Å². The van der Waals surface area contributed by atoms with Gasteiger partial charge in [0.2, 0.25) is 17.7 Å². The van der Waals surface area contributed by atoms with Crippen LogP contribution in [0.1, 0.15) is 87.1 Å². The maximum absolute atomic E-state index is 12.9. The van der Waals surface area contributed by atoms with Crippen molar-refractivity contribution in [2.45, 2.75) is 83.7 Å². The van der Waals surface area contributed by atoms with Gasteiger partial charge in [-0.2, -0.15) is 0 Å². The Kier molecular flexibility index (Phi) is 17.0. The number of fused-ring (bicyclic) bond motifs is 1. The number of benzene rings is 1. The Morgan fingerprint density at radius 2 is 1.48 bits per heavy atom. The van der Waals surface area contributed by atoms with E-state index in [9.17, 15) is 24.0 Å². The Hall–Kier alpha value is -4.99. The molecule has 2 heterocycles. The summed E-state index contributed by atoms with van der Waals surface area (Å²) >= 11 is 0. The largest absolute Gasteiger partial charge is 0.447 e. The number of rotatable bonds is 19. The van der Waals surface area contributed by atoms with E-state index >= 15 is 0 Å². The second kappa shape index (κ2) is 21.7. The minimum absolute atomic E-state index is 0.0200. The summed E-state index contributed by atoms with van der Waals surface area (Å²) in [4.78, 5) is 62.7. The Labute approximate surface area is 283 Å². The van der Waals surface area contributed by atoms with Crippen LogP contribution in [-0.2, 0) is 25.7 Å². The van der Waals surface area contributed by atoms with Crippen LogP contribution in [0, 0.1) is 0 Å². The third-order valence-corrected chi connectivity index (χ3v) is 7.61. The van der Waals surface area contributed by atoms with Gasteiger partial charge in [0.15, 0.2) is 0 Å². The summed E-state index contributed by atoms with van der Waals surface area (Å²) in [6, 6.07) is 4.18. The highest BCUT2D eigenvalue weighted by molar-refractivity contribution is 6.06. The molecule has 48 heavy (non-hydrogen) atoms. The molecule has 0 aliphatic carbocycles. The van der Waals surface area contributed by atoms with Crippen molar-refractivity contribution in [3.05, 3.63) is 102 Å². The zero-order valence-corrected chi connectivity index (χ0v) is 27.8. The van der Waals surface area contributed by atoms with Gasteiger partial charge < -0.3 is 15.0 Å². The van der Waals surface area contributed by atoms with Crippen LogP contribution in [0.3, 0.4) is 0 Å². The maximum atomic E-state index is 12.9. The summed E-state index contributed by atoms with van der Waals surface area (Å²) in [6.07, 6.45) is 32.0. The highest BCUT2D eigenvalue weighted by Gasteiger charge is 2.40. The number of ether oxygens (including phenoxy) is 1. The molecule has 3 N–H and O–H groups in total. The molecule has 0 radical (unpaired) electrons. The number of hydrogen-bond acceptors (Lipinski definition) is 6. The Balaban J connectivity index is 1.22. The van der Waals surface area contributed by atoms with Crippen molar-refractivity contribution < 1.29 is 28.7 Å². The Bertz CT molecular complexity index is 1440. The van der Waals surface area contributed by atoms with E-state index < -0.39 is 18.0 Å². The zero-order chi connectivity index (χ0) is 34.4. The smallest absolute Gasteiger partial charge is 0.411 e. The predicted molar refractivity (Wildman–Crippen MR) is 188 cm³/mol. The van der Waals surface area contributed by atoms with Gasteiger partial charge in [-0.1, -0.05) is 85.9 Å². The lowest BCUT2D eigenvalue weighted by molar-refractivity contribution is -0.137. The van der Waals surface area contributed by atoms with Gasteiger partial charge in [0.25, 0.3) is 5.91 Å². The molecule has 1 aromatic rings. The average Bonchev–Trinajstić information content (AvgIpc) is 3.40. The Morgan fingerprint density at radius 1 is 0.875 bits per heavy atom. The van der Waals surface area contributed by atoms with E-state index in [1.54, 1.807) is 18.2 Å². The molecule has 3 rings (SSSR count). The summed E-state index contributed by atoms with van der Waals surface area (Å²) < 4.78 is 5.20. The van der Waals surface area contributed by atoms with E-state index in [0.717, 1.165) is 38.5 Å². The molecule has 1 aromatic carbocycles. The number of imide groups is 1. The first-order valence-electron chi connectivity index (χ1n) is 16.8. The summed E-state index contributed by atoms with van der Waals surface area (Å²) in [5, 5.41) is 7.66. The number of nitrogens with one attached hydrogen (secondary N) is 3. The zero-order valence-electron chi connectivity index (χ0n) is 27.8. The number of piperidine rings is 1. The molecule has 0 bridgehead atoms. The van der Waals surface area contributed by atoms with Crippen molar-refractivity contribution in [1.82, 2.24) is 15.5 Å². The molecular weight excluding hydrogens is 608 g/mol. The second-order valence-electron chi connectivity index (χ2n) is 11.3. The van der Waals surface area contributed by atoms with Crippen LogP contribution in [0.2, 0.25) is 0 Å². The van der Waals surface area contributed by atoms with E-state index in [1.165, 1.54) is 4.90 Å². The molecule has 0 spiro atoms. The van der Waals surface area contributed by atoms with Gasteiger partial charge in [-0.05, 0) is 63.5 Å². The fraction of sp³-hybridized carbons (Fsp3) is 0.395. The molecule has 1 saturated heterocycles. The normalized spacial score (nSPS) is 16.7. The standard InChI is InChI=1S/C38H48N4O6/c1-2-3-4-5-6-7-8-9-10-11-12-13-14-15-16-17-18-19-20-24-34(43)39-27-28-48-38(47)40-32-23-21-22-30-31(32)29-42(37(30)46)33-25-26-35(44)41-36(33)45/h3-4,6-7,9-10,12-13,15-16,18-19,21-23,33H,2,5,8,11,14,17,20,24-29H2,1H3,(H,39,43)(H,40,47)(H,41,44,45)/b4-3-,7-6-,10-9-,13-12-,16-15-,19-18-. The van der Waals surface area contributed by atoms with E-state index in [-0.39, 0.29) is 50.3 Å². The van der Waals surface area contributed by atoms with Crippen LogP contribution in [0.5, 0.6) is 0 Å². The van der Waals surface area contributed by atoms with Gasteiger partial charge in [0.05, 0.1) is 6.54 Å². The van der Waals surface area contributed by atoms with Crippen LogP contribution < -0.4 is 16.0 Å². The molecule has 5 amide bonds. The van der Waals surface area contributed by atoms with Crippen molar-refractivity contribution in [3.8, 4) is 0 Å². The van der Waals surface area contributed by atoms with Crippen LogP contribution >= 0.6 is 0 Å². The van der Waals surface area contributed by atoms with E-state index in [1.807, 2.05) is 12.2 Å². The summed E-state index contributed by atoms with van der Waals surface area (Å²) in [5.41, 5.74) is 1.37. The summed E-state index contributed by atoms with van der Waals surface area (Å²) in [5.74, 6) is -1.32. The Morgan fingerprint density at radius 3 is 2.08 bits per heavy atom. The van der Waals surface area contributed by atoms with Crippen molar-refractivity contribution in [3.63, 3.8) is 0 Å². The lowest BCUT2D eigenvalue weighted by Gasteiger charge is -2.29. The number of hydrogen-bond donors (Lipinski definition) is 3. The van der Waals surface area contributed by atoms with Gasteiger partial charge >= 0.3 is 6.09 Å². The number of carbonyl (C=O) groups excluding carboxylic acids is 5. The minimum atomic E-state index is -0.745. The van der Waals surface area contributed by atoms with Crippen LogP contribution in [0.15, 0.2) is 91.1 Å². The predicted octanol–water partition coefficient (Wildman–Crippen LogP) is 6.59. The molecule has 256 valence electrons. The van der Waals surface area contributed by atoms with E-state index in [4.69, 9.17) is 4.74 Å². The maximum Gasteiger partial charge on any atom is 0.411 e. The molecule has 10 nitrogen and oxygen atoms in total. The number of anilines is 1. The number of carbonyl (C=O) groups is 5. The fourth-order valence-corrected chi connectivity index (χ4v) is 5.13. The highest BCUT2D eigenvalue weighted by atomic mass is 16.5. The third-order valence-electron chi connectivity index (χ3n) is 7.61. The van der Waals surface area contributed by atoms with Crippen molar-refractivity contribution in [1.29, 1.82) is 0 Å². The molecule has 1 fully saturated rings. The van der Waals surface area contributed by atoms with E-state index in [2.05, 4.69) is 83.6 Å². The molecule has 2 aliphatic heterocycles. The molecular formula is C38H48N4O6. The van der Waals surface area contributed by atoms with Crippen LogP contribution in [0.4, 0.5) is 10.5 Å². The highest BCUT2D eigenvalue weighted by Crippen LogP contribution is 2.32. The van der Waals surface area contributed by atoms with Crippen molar-refractivity contribution in [2.75, 3.05) is 18.5 Å². The molecule has 10 heteroatoms. The first-order valence-corrected chi connectivity index (χ1v) is 16.8. The monoisotopic (exact) mass is 656 g/mol. The molecule has 1 unspecified atom stereocenters. The molecule has 1 atom stereocenters. The van der Waals surface area contributed by atoms with Crippen molar-refractivity contribution in [2.24, 2.45) is 0 Å². The molecule has 0 saturated carbocycles.